The van der Waals surface area contributed by atoms with Crippen LogP contribution < -0.4 is 5.32 Å². The van der Waals surface area contributed by atoms with E-state index in [1.807, 2.05) is 6.07 Å². The van der Waals surface area contributed by atoms with Gasteiger partial charge in [0.25, 0.3) is 0 Å². The average molecular weight is 479 g/mol. The maximum Gasteiger partial charge on any atom is 0.235 e. The zero-order valence-electron chi connectivity index (χ0n) is 19.6. The first-order chi connectivity index (χ1) is 15.9. The Morgan fingerprint density at radius 1 is 1.27 bits per heavy atom. The fourth-order valence-corrected chi connectivity index (χ4v) is 6.92. The number of rotatable bonds is 6. The van der Waals surface area contributed by atoms with Gasteiger partial charge in [-0.2, -0.15) is 10.5 Å². The molecular weight excluding hydrogens is 448 g/mol. The molecule has 0 fully saturated rings. The molecule has 0 radical (unpaired) electrons. The zero-order chi connectivity index (χ0) is 23.6. The Hall–Kier alpha value is -2.35. The van der Waals surface area contributed by atoms with Gasteiger partial charge in [-0.1, -0.05) is 39.0 Å². The number of anilines is 1. The van der Waals surface area contributed by atoms with E-state index in [2.05, 4.69) is 38.2 Å². The van der Waals surface area contributed by atoms with Crippen molar-refractivity contribution in [3.05, 3.63) is 38.9 Å². The minimum absolute atomic E-state index is 0.163. The van der Waals surface area contributed by atoms with Gasteiger partial charge in [-0.05, 0) is 73.5 Å². The highest BCUT2D eigenvalue weighted by Crippen LogP contribution is 2.45. The van der Waals surface area contributed by atoms with Gasteiger partial charge in [-0.25, -0.2) is 4.98 Å². The lowest BCUT2D eigenvalue weighted by molar-refractivity contribution is -0.113. The van der Waals surface area contributed by atoms with Gasteiger partial charge in [0.1, 0.15) is 22.2 Å². The lowest BCUT2D eigenvalue weighted by Crippen LogP contribution is -2.28. The number of nitrogens with one attached hydrogen (secondary N) is 1. The van der Waals surface area contributed by atoms with Crippen molar-refractivity contribution in [2.24, 2.45) is 11.3 Å². The largest absolute Gasteiger partial charge is 0.316 e. The third-order valence-corrected chi connectivity index (χ3v) is 9.53. The van der Waals surface area contributed by atoms with Crippen molar-refractivity contribution in [3.8, 4) is 12.1 Å². The number of carbonyl (C=O) groups is 1. The molecule has 0 bridgehead atoms. The summed E-state index contributed by atoms with van der Waals surface area (Å²) in [6.07, 6.45) is 8.25. The van der Waals surface area contributed by atoms with Crippen molar-refractivity contribution in [2.45, 2.75) is 77.2 Å². The quantitative estimate of drug-likeness (QED) is 0.511. The number of nitrogens with zero attached hydrogens (tertiary/aromatic N) is 3. The molecular formula is C26H30N4OS2. The summed E-state index contributed by atoms with van der Waals surface area (Å²) in [5.74, 6) is 0.599. The van der Waals surface area contributed by atoms with Crippen LogP contribution in [0.4, 0.5) is 5.00 Å². The summed E-state index contributed by atoms with van der Waals surface area (Å²) in [7, 11) is 0. The predicted molar refractivity (Wildman–Crippen MR) is 134 cm³/mol. The number of thiophene rings is 1. The van der Waals surface area contributed by atoms with Crippen LogP contribution in [0.1, 0.15) is 79.3 Å². The lowest BCUT2D eigenvalue weighted by atomic mass is 9.69. The Kier molecular flexibility index (Phi) is 7.12. The normalized spacial score (nSPS) is 17.4. The lowest BCUT2D eigenvalue weighted by Gasteiger charge is -2.36. The zero-order valence-corrected chi connectivity index (χ0v) is 21.2. The maximum atomic E-state index is 12.8. The summed E-state index contributed by atoms with van der Waals surface area (Å²) < 4.78 is 0. The predicted octanol–water partition coefficient (Wildman–Crippen LogP) is 6.04. The molecule has 33 heavy (non-hydrogen) atoms. The number of hydrogen-bond donors (Lipinski definition) is 1. The molecule has 0 aliphatic heterocycles. The van der Waals surface area contributed by atoms with Gasteiger partial charge in [0.15, 0.2) is 0 Å². The Bertz CT molecular complexity index is 1150. The Morgan fingerprint density at radius 3 is 2.79 bits per heavy atom. The SMILES string of the molecule is CCC(C)(C)C1CCc2c(sc(NC(=O)CSc3nc4c(cc3C#N)CCCC4)c2C#N)C1. The number of hydrogen-bond acceptors (Lipinski definition) is 6. The molecule has 0 saturated heterocycles. The second-order valence-electron chi connectivity index (χ2n) is 9.70. The standard InChI is InChI=1S/C26H30N4OS2/c1-4-26(2,3)18-9-10-19-20(14-28)25(33-22(19)12-18)30-23(31)15-32-24-17(13-27)11-16-7-5-6-8-21(16)29-24/h11,18H,4-10,12,15H2,1-3H3,(H,30,31). The molecule has 1 amide bonds. The van der Waals surface area contributed by atoms with Gasteiger partial charge in [0.05, 0.1) is 16.9 Å². The second-order valence-corrected chi connectivity index (χ2v) is 11.8. The van der Waals surface area contributed by atoms with Gasteiger partial charge in [0.2, 0.25) is 5.91 Å². The van der Waals surface area contributed by atoms with E-state index in [1.165, 1.54) is 22.2 Å². The fraction of sp³-hybridized carbons (Fsp3) is 0.538. The van der Waals surface area contributed by atoms with Crippen molar-refractivity contribution >= 4 is 34.0 Å². The van der Waals surface area contributed by atoms with E-state index in [-0.39, 0.29) is 17.1 Å². The van der Waals surface area contributed by atoms with E-state index in [4.69, 9.17) is 4.98 Å². The van der Waals surface area contributed by atoms with Crippen LogP contribution in [0.5, 0.6) is 0 Å². The molecule has 2 aromatic rings. The van der Waals surface area contributed by atoms with Crippen LogP contribution in [-0.4, -0.2) is 16.6 Å². The second kappa shape index (κ2) is 9.87. The first kappa shape index (κ1) is 23.8. The minimum Gasteiger partial charge on any atom is -0.316 e. The van der Waals surface area contributed by atoms with E-state index < -0.39 is 0 Å². The number of nitriles is 2. The highest BCUT2D eigenvalue weighted by molar-refractivity contribution is 8.00. The van der Waals surface area contributed by atoms with E-state index in [0.717, 1.165) is 62.6 Å². The van der Waals surface area contributed by atoms with Crippen molar-refractivity contribution in [3.63, 3.8) is 0 Å². The summed E-state index contributed by atoms with van der Waals surface area (Å²) in [6.45, 7) is 6.89. The van der Waals surface area contributed by atoms with Crippen molar-refractivity contribution in [1.29, 1.82) is 10.5 Å². The molecule has 2 aliphatic carbocycles. The Labute approximate surface area is 204 Å². The summed E-state index contributed by atoms with van der Waals surface area (Å²) in [6, 6.07) is 6.51. The van der Waals surface area contributed by atoms with Crippen LogP contribution in [0.3, 0.4) is 0 Å². The minimum atomic E-state index is -0.163. The van der Waals surface area contributed by atoms with Gasteiger partial charge < -0.3 is 5.32 Å². The molecule has 1 unspecified atom stereocenters. The van der Waals surface area contributed by atoms with Gasteiger partial charge in [-0.15, -0.1) is 11.3 Å². The van der Waals surface area contributed by atoms with Gasteiger partial charge in [-0.3, -0.25) is 4.79 Å². The highest BCUT2D eigenvalue weighted by atomic mass is 32.2. The number of fused-ring (bicyclic) bond motifs is 2. The number of pyridine rings is 1. The van der Waals surface area contributed by atoms with Crippen LogP contribution >= 0.6 is 23.1 Å². The highest BCUT2D eigenvalue weighted by Gasteiger charge is 2.34. The molecule has 172 valence electrons. The van der Waals surface area contributed by atoms with Crippen molar-refractivity contribution in [1.82, 2.24) is 4.98 Å². The van der Waals surface area contributed by atoms with Crippen molar-refractivity contribution < 1.29 is 4.79 Å². The van der Waals surface area contributed by atoms with Crippen molar-refractivity contribution in [2.75, 3.05) is 11.1 Å². The topological polar surface area (TPSA) is 89.6 Å². The molecule has 2 aliphatic rings. The third kappa shape index (κ3) is 4.95. The molecule has 2 heterocycles. The van der Waals surface area contributed by atoms with E-state index in [1.54, 1.807) is 11.3 Å². The first-order valence-corrected chi connectivity index (χ1v) is 13.6. The maximum absolute atomic E-state index is 12.8. The summed E-state index contributed by atoms with van der Waals surface area (Å²) in [5, 5.41) is 23.6. The fourth-order valence-electron chi connectivity index (χ4n) is 4.85. The van der Waals surface area contributed by atoms with E-state index in [0.29, 0.717) is 27.1 Å². The summed E-state index contributed by atoms with van der Waals surface area (Å²) in [5.41, 5.74) is 4.80. The van der Waals surface area contributed by atoms with Crippen LogP contribution in [0.2, 0.25) is 0 Å². The molecule has 1 atom stereocenters. The third-order valence-electron chi connectivity index (χ3n) is 7.37. The number of aromatic nitrogens is 1. The van der Waals surface area contributed by atoms with Crippen LogP contribution in [0.25, 0.3) is 0 Å². The Balaban J connectivity index is 1.46. The molecule has 0 aromatic carbocycles. The number of carbonyl (C=O) groups excluding carboxylic acids is 1. The molecule has 7 heteroatoms. The molecule has 5 nitrogen and oxygen atoms in total. The first-order valence-electron chi connectivity index (χ1n) is 11.8. The van der Waals surface area contributed by atoms with Crippen LogP contribution in [-0.2, 0) is 30.5 Å². The van der Waals surface area contributed by atoms with Gasteiger partial charge >= 0.3 is 0 Å². The van der Waals surface area contributed by atoms with Crippen LogP contribution in [0.15, 0.2) is 11.1 Å². The molecule has 4 rings (SSSR count). The molecule has 2 aromatic heterocycles. The summed E-state index contributed by atoms with van der Waals surface area (Å²) >= 11 is 2.86. The summed E-state index contributed by atoms with van der Waals surface area (Å²) in [4.78, 5) is 18.7. The molecule has 1 N–H and O–H groups in total. The van der Waals surface area contributed by atoms with Crippen LogP contribution in [0, 0.1) is 34.0 Å². The smallest absolute Gasteiger partial charge is 0.235 e. The van der Waals surface area contributed by atoms with E-state index >= 15 is 0 Å². The van der Waals surface area contributed by atoms with E-state index in [9.17, 15) is 15.3 Å². The number of thioether (sulfide) groups is 1. The number of aryl methyl sites for hydroxylation is 2. The molecule has 0 saturated carbocycles. The molecule has 0 spiro atoms. The average Bonchev–Trinajstić information content (AvgIpc) is 3.17. The number of amides is 1. The Morgan fingerprint density at radius 2 is 2.06 bits per heavy atom. The monoisotopic (exact) mass is 478 g/mol. The van der Waals surface area contributed by atoms with Gasteiger partial charge in [0, 0.05) is 10.6 Å².